The predicted octanol–water partition coefficient (Wildman–Crippen LogP) is 3.08. The molecule has 0 unspecified atom stereocenters. The number of hydrogen-bond donors (Lipinski definition) is 4. The Morgan fingerprint density at radius 2 is 2.13 bits per heavy atom. The third-order valence-electron chi connectivity index (χ3n) is 5.18. The van der Waals surface area contributed by atoms with E-state index in [0.717, 1.165) is 34.3 Å². The number of hydrogen-bond acceptors (Lipinski definition) is 6. The molecule has 1 fully saturated rings. The van der Waals surface area contributed by atoms with Crippen molar-refractivity contribution in [2.45, 2.75) is 32.2 Å². The number of halogens is 1. The molecule has 30 heavy (non-hydrogen) atoms. The maximum absolute atomic E-state index is 12.0. The molecule has 4 rings (SSSR count). The second-order valence-electron chi connectivity index (χ2n) is 7.35. The van der Waals surface area contributed by atoms with Crippen molar-refractivity contribution in [2.24, 2.45) is 0 Å². The Bertz CT molecular complexity index is 960. The molecule has 0 atom stereocenters. The topological polar surface area (TPSA) is 111 Å². The zero-order valence-electron chi connectivity index (χ0n) is 16.7. The molecule has 0 radical (unpaired) electrons. The van der Waals surface area contributed by atoms with Gasteiger partial charge in [-0.05, 0) is 59.5 Å². The Hall–Kier alpha value is -2.88. The van der Waals surface area contributed by atoms with Gasteiger partial charge in [0.1, 0.15) is 5.82 Å². The number of fused-ring (bicyclic) bond motifs is 1. The number of anilines is 4. The van der Waals surface area contributed by atoms with Crippen molar-refractivity contribution < 1.29 is 9.59 Å². The summed E-state index contributed by atoms with van der Waals surface area (Å²) >= 11 is 3.51. The van der Waals surface area contributed by atoms with Gasteiger partial charge >= 0.3 is 6.03 Å². The molecule has 1 aromatic heterocycles. The van der Waals surface area contributed by atoms with Gasteiger partial charge in [-0.1, -0.05) is 0 Å². The Labute approximate surface area is 183 Å². The van der Waals surface area contributed by atoms with E-state index in [4.69, 9.17) is 0 Å². The second-order valence-corrected chi connectivity index (χ2v) is 8.21. The van der Waals surface area contributed by atoms with Crippen LogP contribution in [0.2, 0.25) is 0 Å². The van der Waals surface area contributed by atoms with E-state index in [-0.39, 0.29) is 18.0 Å². The molecule has 0 aliphatic carbocycles. The summed E-state index contributed by atoms with van der Waals surface area (Å²) in [7, 11) is 0. The highest BCUT2D eigenvalue weighted by Gasteiger charge is 2.23. The van der Waals surface area contributed by atoms with Gasteiger partial charge in [-0.2, -0.15) is 4.98 Å². The van der Waals surface area contributed by atoms with E-state index in [0.29, 0.717) is 37.8 Å². The molecule has 0 saturated carbocycles. The van der Waals surface area contributed by atoms with Gasteiger partial charge in [-0.3, -0.25) is 4.79 Å². The van der Waals surface area contributed by atoms with Crippen LogP contribution in [0.1, 0.15) is 25.3 Å². The van der Waals surface area contributed by atoms with Crippen LogP contribution in [0, 0.1) is 0 Å². The first-order valence-corrected chi connectivity index (χ1v) is 10.8. The lowest BCUT2D eigenvalue weighted by molar-refractivity contribution is -0.115. The van der Waals surface area contributed by atoms with Crippen molar-refractivity contribution in [1.29, 1.82) is 0 Å². The Balaban J connectivity index is 1.39. The molecule has 1 saturated heterocycles. The minimum absolute atomic E-state index is 0.00287. The summed E-state index contributed by atoms with van der Waals surface area (Å²) < 4.78 is 0.781. The number of carbonyl (C=O) groups excluding carboxylic acids is 2. The van der Waals surface area contributed by atoms with Gasteiger partial charge in [0.25, 0.3) is 0 Å². The minimum Gasteiger partial charge on any atom is -0.366 e. The van der Waals surface area contributed by atoms with Crippen LogP contribution < -0.4 is 21.3 Å². The molecule has 2 aliphatic heterocycles. The van der Waals surface area contributed by atoms with Crippen molar-refractivity contribution in [3.8, 4) is 0 Å². The number of amides is 3. The summed E-state index contributed by atoms with van der Waals surface area (Å²) in [5.74, 6) is 1.19. The van der Waals surface area contributed by atoms with E-state index in [1.807, 2.05) is 30.0 Å². The number of carbonyl (C=O) groups is 2. The zero-order valence-corrected chi connectivity index (χ0v) is 18.3. The Morgan fingerprint density at radius 1 is 1.33 bits per heavy atom. The monoisotopic (exact) mass is 473 g/mol. The van der Waals surface area contributed by atoms with Gasteiger partial charge in [-0.15, -0.1) is 0 Å². The van der Waals surface area contributed by atoms with Crippen LogP contribution in [0.5, 0.6) is 0 Å². The first-order chi connectivity index (χ1) is 14.5. The third kappa shape index (κ3) is 4.64. The summed E-state index contributed by atoms with van der Waals surface area (Å²) in [6.45, 7) is 3.97. The van der Waals surface area contributed by atoms with Crippen LogP contribution in [0.4, 0.5) is 27.9 Å². The molecule has 4 N–H and O–H groups in total. The number of likely N-dealkylation sites (tertiary alicyclic amines) is 1. The van der Waals surface area contributed by atoms with E-state index in [2.05, 4.69) is 47.2 Å². The summed E-state index contributed by atoms with van der Waals surface area (Å²) in [4.78, 5) is 34.3. The van der Waals surface area contributed by atoms with Crippen molar-refractivity contribution >= 4 is 51.0 Å². The van der Waals surface area contributed by atoms with Crippen molar-refractivity contribution in [1.82, 2.24) is 20.2 Å². The number of piperidine rings is 1. The summed E-state index contributed by atoms with van der Waals surface area (Å²) in [5.41, 5.74) is 2.64. The number of rotatable bonds is 5. The van der Waals surface area contributed by atoms with Gasteiger partial charge in [0.05, 0.1) is 10.9 Å². The lowest BCUT2D eigenvalue weighted by Gasteiger charge is -2.32. The highest BCUT2D eigenvalue weighted by Crippen LogP contribution is 2.28. The van der Waals surface area contributed by atoms with E-state index in [1.165, 1.54) is 0 Å². The fraction of sp³-hybridized carbons (Fsp3) is 0.400. The predicted molar refractivity (Wildman–Crippen MR) is 119 cm³/mol. The summed E-state index contributed by atoms with van der Waals surface area (Å²) in [5, 5.41) is 12.3. The molecule has 0 spiro atoms. The van der Waals surface area contributed by atoms with Gasteiger partial charge < -0.3 is 26.2 Å². The molecule has 3 amide bonds. The molecule has 2 aromatic rings. The Kier molecular flexibility index (Phi) is 6.03. The molecule has 10 heteroatoms. The van der Waals surface area contributed by atoms with Gasteiger partial charge in [0.2, 0.25) is 11.9 Å². The number of nitrogens with zero attached hydrogens (tertiary/aromatic N) is 3. The van der Waals surface area contributed by atoms with Crippen LogP contribution in [0.3, 0.4) is 0 Å². The third-order valence-corrected chi connectivity index (χ3v) is 5.76. The first-order valence-electron chi connectivity index (χ1n) is 10.0. The molecular formula is C20H24BrN7O2. The van der Waals surface area contributed by atoms with Crippen molar-refractivity contribution in [3.05, 3.63) is 34.4 Å². The average molecular weight is 474 g/mol. The van der Waals surface area contributed by atoms with Crippen molar-refractivity contribution in [2.75, 3.05) is 35.6 Å². The van der Waals surface area contributed by atoms with E-state index >= 15 is 0 Å². The van der Waals surface area contributed by atoms with Crippen LogP contribution >= 0.6 is 15.9 Å². The normalized spacial score (nSPS) is 16.1. The average Bonchev–Trinajstić information content (AvgIpc) is 3.10. The van der Waals surface area contributed by atoms with Crippen LogP contribution in [-0.2, 0) is 11.2 Å². The zero-order chi connectivity index (χ0) is 21.1. The second kappa shape index (κ2) is 8.86. The number of aromatic nitrogens is 2. The van der Waals surface area contributed by atoms with Gasteiger partial charge in [0.15, 0.2) is 0 Å². The summed E-state index contributed by atoms with van der Waals surface area (Å²) in [6.07, 6.45) is 3.79. The lowest BCUT2D eigenvalue weighted by atomic mass is 10.1. The van der Waals surface area contributed by atoms with Crippen molar-refractivity contribution in [3.63, 3.8) is 0 Å². The first kappa shape index (κ1) is 20.4. The van der Waals surface area contributed by atoms with E-state index < -0.39 is 0 Å². The van der Waals surface area contributed by atoms with E-state index in [9.17, 15) is 9.59 Å². The van der Waals surface area contributed by atoms with Gasteiger partial charge in [0, 0.05) is 43.2 Å². The van der Waals surface area contributed by atoms with Crippen LogP contribution in [-0.4, -0.2) is 52.5 Å². The standard InChI is InChI=1S/C20H24BrN7O2/c1-2-22-20(30)28-7-5-13(6-8-28)24-18-15(21)11-23-19(27-18)25-14-3-4-16-12(9-14)10-17(29)26-16/h3-4,9,11,13H,2,5-8,10H2,1H3,(H,22,30)(H,26,29)(H2,23,24,25,27). The maximum Gasteiger partial charge on any atom is 0.317 e. The number of nitrogens with one attached hydrogen (secondary N) is 4. The molecule has 1 aromatic carbocycles. The Morgan fingerprint density at radius 3 is 2.90 bits per heavy atom. The number of urea groups is 1. The quantitative estimate of drug-likeness (QED) is 0.530. The smallest absolute Gasteiger partial charge is 0.317 e. The maximum atomic E-state index is 12.0. The summed E-state index contributed by atoms with van der Waals surface area (Å²) in [6, 6.07) is 5.93. The molecule has 9 nitrogen and oxygen atoms in total. The lowest BCUT2D eigenvalue weighted by Crippen LogP contribution is -2.46. The molecule has 158 valence electrons. The molecule has 3 heterocycles. The fourth-order valence-electron chi connectivity index (χ4n) is 3.65. The largest absolute Gasteiger partial charge is 0.366 e. The van der Waals surface area contributed by atoms with E-state index in [1.54, 1.807) is 6.20 Å². The van der Waals surface area contributed by atoms with Crippen LogP contribution in [0.25, 0.3) is 0 Å². The SMILES string of the molecule is CCNC(=O)N1CCC(Nc2nc(Nc3ccc4c(c3)CC(=O)N4)ncc2Br)CC1. The fourth-order valence-corrected chi connectivity index (χ4v) is 3.95. The van der Waals surface area contributed by atoms with Gasteiger partial charge in [-0.25, -0.2) is 9.78 Å². The minimum atomic E-state index is -0.00287. The van der Waals surface area contributed by atoms with Crippen LogP contribution in [0.15, 0.2) is 28.9 Å². The molecule has 2 aliphatic rings. The number of benzene rings is 1. The highest BCUT2D eigenvalue weighted by molar-refractivity contribution is 9.10. The highest BCUT2D eigenvalue weighted by atomic mass is 79.9. The molecule has 0 bridgehead atoms. The molecular weight excluding hydrogens is 450 g/mol.